The lowest BCUT2D eigenvalue weighted by molar-refractivity contribution is -0.145. The van der Waals surface area contributed by atoms with E-state index in [2.05, 4.69) is 17.4 Å². The number of carbonyl (C=O) groups is 3. The van der Waals surface area contributed by atoms with Crippen LogP contribution in [0.2, 0.25) is 0 Å². The van der Waals surface area contributed by atoms with E-state index < -0.39 is 18.0 Å². The van der Waals surface area contributed by atoms with E-state index in [1.54, 1.807) is 47.4 Å². The van der Waals surface area contributed by atoms with Crippen LogP contribution in [0.1, 0.15) is 48.0 Å². The van der Waals surface area contributed by atoms with Gasteiger partial charge in [-0.25, -0.2) is 4.79 Å². The van der Waals surface area contributed by atoms with Crippen molar-refractivity contribution in [3.63, 3.8) is 0 Å². The number of nitrogens with one attached hydrogen (secondary N) is 1. The zero-order valence-corrected chi connectivity index (χ0v) is 22.3. The van der Waals surface area contributed by atoms with Crippen LogP contribution >= 0.6 is 0 Å². The Hall–Kier alpha value is -4.53. The molecule has 210 valence electrons. The van der Waals surface area contributed by atoms with Crippen molar-refractivity contribution in [2.45, 2.75) is 44.6 Å². The average molecular weight is 547 g/mol. The lowest BCUT2D eigenvalue weighted by atomic mass is 10.1. The molecule has 1 unspecified atom stereocenters. The highest BCUT2D eigenvalue weighted by atomic mass is 16.5. The molecular weight excluding hydrogens is 512 g/mol. The summed E-state index contributed by atoms with van der Waals surface area (Å²) in [6, 6.07) is 22.4. The van der Waals surface area contributed by atoms with Crippen LogP contribution in [-0.4, -0.2) is 53.9 Å². The number of amides is 1. The van der Waals surface area contributed by atoms with E-state index in [-0.39, 0.29) is 24.6 Å². The lowest BCUT2D eigenvalue weighted by Crippen LogP contribution is -2.45. The number of hydrogen-bond acceptors (Lipinski definition) is 6. The molecule has 0 bridgehead atoms. The first-order chi connectivity index (χ1) is 19.4. The molecule has 1 heterocycles. The first-order valence-corrected chi connectivity index (χ1v) is 13.5. The third-order valence-corrected chi connectivity index (χ3v) is 6.64. The molecule has 0 aliphatic carbocycles. The molecular formula is C31H34N2O7. The molecule has 4 rings (SSSR count). The van der Waals surface area contributed by atoms with Crippen molar-refractivity contribution in [3.05, 3.63) is 83.9 Å². The molecule has 0 aromatic heterocycles. The largest absolute Gasteiger partial charge is 0.494 e. The molecule has 9 heteroatoms. The number of aliphatic carboxylic acids is 2. The molecule has 9 nitrogen and oxygen atoms in total. The van der Waals surface area contributed by atoms with Gasteiger partial charge in [0.2, 0.25) is 6.10 Å². The number of ether oxygens (including phenoxy) is 2. The van der Waals surface area contributed by atoms with Crippen LogP contribution in [0.3, 0.4) is 0 Å². The molecule has 0 saturated heterocycles. The third-order valence-electron chi connectivity index (χ3n) is 6.64. The van der Waals surface area contributed by atoms with Gasteiger partial charge in [0.1, 0.15) is 5.75 Å². The van der Waals surface area contributed by atoms with E-state index in [4.69, 9.17) is 14.6 Å². The molecule has 3 aromatic carbocycles. The molecule has 1 aliphatic rings. The number of aryl methyl sites for hydroxylation is 1. The van der Waals surface area contributed by atoms with Crippen LogP contribution in [0.5, 0.6) is 11.5 Å². The van der Waals surface area contributed by atoms with Gasteiger partial charge in [0, 0.05) is 18.5 Å². The minimum Gasteiger partial charge on any atom is -0.494 e. The van der Waals surface area contributed by atoms with Gasteiger partial charge in [0.15, 0.2) is 5.75 Å². The van der Waals surface area contributed by atoms with Gasteiger partial charge >= 0.3 is 11.9 Å². The Morgan fingerprint density at radius 1 is 0.925 bits per heavy atom. The predicted octanol–water partition coefficient (Wildman–Crippen LogP) is 5.25. The normalized spacial score (nSPS) is 14.1. The van der Waals surface area contributed by atoms with Crippen molar-refractivity contribution in [1.29, 1.82) is 0 Å². The Kier molecular flexibility index (Phi) is 9.99. The number of nitrogens with zero attached hydrogens (tertiary/aromatic N) is 1. The second-order valence-electron chi connectivity index (χ2n) is 9.67. The molecule has 40 heavy (non-hydrogen) atoms. The van der Waals surface area contributed by atoms with Crippen molar-refractivity contribution < 1.29 is 34.1 Å². The Labute approximate surface area is 233 Å². The van der Waals surface area contributed by atoms with Crippen LogP contribution in [0.25, 0.3) is 0 Å². The zero-order valence-electron chi connectivity index (χ0n) is 22.3. The molecule has 0 spiro atoms. The number of fused-ring (bicyclic) bond motifs is 1. The number of para-hydroxylation sites is 1. The topological polar surface area (TPSA) is 125 Å². The standard InChI is InChI=1S/C31H34N2O7/c34-28(35)17-9-18-33-21-27(31(37)38)40-29-25(15-8-16-26(29)33)32-30(36)23-13-7-14-24(20-23)39-19-6-2-5-12-22-10-3-1-4-11-22/h1,3-4,7-8,10-11,13-16,20,27H,2,5-6,9,12,17-19,21H2,(H,32,36)(H,34,35)(H,37,38). The summed E-state index contributed by atoms with van der Waals surface area (Å²) in [5, 5.41) is 21.4. The van der Waals surface area contributed by atoms with Crippen molar-refractivity contribution >= 4 is 29.2 Å². The summed E-state index contributed by atoms with van der Waals surface area (Å²) in [5.74, 6) is -1.61. The maximum atomic E-state index is 13.1. The number of rotatable bonds is 14. The van der Waals surface area contributed by atoms with Gasteiger partial charge < -0.3 is 29.9 Å². The minimum atomic E-state index is -1.15. The monoisotopic (exact) mass is 546 g/mol. The lowest BCUT2D eigenvalue weighted by Gasteiger charge is -2.35. The van der Waals surface area contributed by atoms with Crippen molar-refractivity contribution in [1.82, 2.24) is 0 Å². The molecule has 0 saturated carbocycles. The fraction of sp³-hybridized carbons (Fsp3) is 0.323. The Morgan fingerprint density at radius 3 is 2.50 bits per heavy atom. The summed E-state index contributed by atoms with van der Waals surface area (Å²) in [5.41, 5.74) is 2.66. The van der Waals surface area contributed by atoms with Gasteiger partial charge in [0.05, 0.1) is 24.5 Å². The van der Waals surface area contributed by atoms with Gasteiger partial charge in [0.25, 0.3) is 5.91 Å². The fourth-order valence-corrected chi connectivity index (χ4v) is 4.60. The summed E-state index contributed by atoms with van der Waals surface area (Å²) < 4.78 is 11.6. The predicted molar refractivity (Wildman–Crippen MR) is 151 cm³/mol. The smallest absolute Gasteiger partial charge is 0.346 e. The van der Waals surface area contributed by atoms with Gasteiger partial charge in [-0.2, -0.15) is 0 Å². The van der Waals surface area contributed by atoms with Crippen LogP contribution in [0.4, 0.5) is 11.4 Å². The van der Waals surface area contributed by atoms with E-state index in [1.165, 1.54) is 5.56 Å². The first-order valence-electron chi connectivity index (χ1n) is 13.5. The number of carboxylic acids is 2. The fourth-order valence-electron chi connectivity index (χ4n) is 4.60. The van der Waals surface area contributed by atoms with Crippen LogP contribution in [0, 0.1) is 0 Å². The van der Waals surface area contributed by atoms with Crippen LogP contribution in [0.15, 0.2) is 72.8 Å². The Balaban J connectivity index is 1.35. The van der Waals surface area contributed by atoms with Gasteiger partial charge in [-0.3, -0.25) is 9.59 Å². The highest BCUT2D eigenvalue weighted by Gasteiger charge is 2.32. The van der Waals surface area contributed by atoms with Crippen molar-refractivity contribution in [3.8, 4) is 11.5 Å². The van der Waals surface area contributed by atoms with Crippen LogP contribution < -0.4 is 19.7 Å². The van der Waals surface area contributed by atoms with Gasteiger partial charge in [-0.1, -0.05) is 42.5 Å². The Bertz CT molecular complexity index is 1310. The van der Waals surface area contributed by atoms with Crippen molar-refractivity contribution in [2.75, 3.05) is 29.9 Å². The summed E-state index contributed by atoms with van der Waals surface area (Å²) >= 11 is 0. The number of unbranched alkanes of at least 4 members (excludes halogenated alkanes) is 2. The maximum absolute atomic E-state index is 13.1. The molecule has 3 N–H and O–H groups in total. The highest BCUT2D eigenvalue weighted by molar-refractivity contribution is 6.06. The van der Waals surface area contributed by atoms with E-state index in [1.807, 2.05) is 18.2 Å². The van der Waals surface area contributed by atoms with E-state index in [0.29, 0.717) is 42.3 Å². The van der Waals surface area contributed by atoms with E-state index >= 15 is 0 Å². The molecule has 0 radical (unpaired) electrons. The SMILES string of the molecule is O=C(O)CCCN1CC(C(=O)O)Oc2c(NC(=O)c3cccc(OCCCCCc4ccccc4)c3)cccc21. The average Bonchev–Trinajstić information content (AvgIpc) is 2.95. The molecule has 0 fully saturated rings. The third kappa shape index (κ3) is 7.99. The number of carbonyl (C=O) groups excluding carboxylic acids is 1. The second kappa shape index (κ2) is 14.0. The van der Waals surface area contributed by atoms with E-state index in [0.717, 1.165) is 25.7 Å². The number of carboxylic acid groups (broad SMARTS) is 2. The second-order valence-corrected chi connectivity index (χ2v) is 9.67. The summed E-state index contributed by atoms with van der Waals surface area (Å²) in [4.78, 5) is 37.6. The highest BCUT2D eigenvalue weighted by Crippen LogP contribution is 2.40. The minimum absolute atomic E-state index is 0.0348. The summed E-state index contributed by atoms with van der Waals surface area (Å²) in [6.45, 7) is 0.967. The molecule has 1 aliphatic heterocycles. The zero-order chi connectivity index (χ0) is 28.3. The van der Waals surface area contributed by atoms with Crippen LogP contribution in [-0.2, 0) is 16.0 Å². The maximum Gasteiger partial charge on any atom is 0.346 e. The summed E-state index contributed by atoms with van der Waals surface area (Å²) in [6.07, 6.45) is 3.23. The van der Waals surface area contributed by atoms with Crippen molar-refractivity contribution in [2.24, 2.45) is 0 Å². The molecule has 3 aromatic rings. The number of anilines is 2. The first kappa shape index (κ1) is 28.5. The van der Waals surface area contributed by atoms with Gasteiger partial charge in [-0.05, 0) is 68.0 Å². The number of hydrogen-bond donors (Lipinski definition) is 3. The van der Waals surface area contributed by atoms with E-state index in [9.17, 15) is 19.5 Å². The Morgan fingerprint density at radius 2 is 1.73 bits per heavy atom. The van der Waals surface area contributed by atoms with Gasteiger partial charge in [-0.15, -0.1) is 0 Å². The quantitative estimate of drug-likeness (QED) is 0.234. The summed E-state index contributed by atoms with van der Waals surface area (Å²) in [7, 11) is 0. The molecule has 1 atom stereocenters. The number of benzene rings is 3. The molecule has 1 amide bonds.